The van der Waals surface area contributed by atoms with Crippen LogP contribution in [0.2, 0.25) is 0 Å². The largest absolute Gasteiger partial charge is 0.326 e. The third kappa shape index (κ3) is 3.28. The van der Waals surface area contributed by atoms with Crippen LogP contribution in [0.1, 0.15) is 6.42 Å². The molecule has 0 saturated carbocycles. The van der Waals surface area contributed by atoms with Crippen LogP contribution in [0.25, 0.3) is 0 Å². The van der Waals surface area contributed by atoms with Crippen molar-refractivity contribution >= 4 is 35.0 Å². The van der Waals surface area contributed by atoms with Gasteiger partial charge >= 0.3 is 0 Å². The molecule has 6 heteroatoms. The van der Waals surface area contributed by atoms with Gasteiger partial charge in [0.2, 0.25) is 11.8 Å². The number of nitrogens with one attached hydrogen (secondary N) is 1. The lowest BCUT2D eigenvalue weighted by atomic mass is 10.2. The van der Waals surface area contributed by atoms with Gasteiger partial charge in [0.1, 0.15) is 0 Å². The summed E-state index contributed by atoms with van der Waals surface area (Å²) in [6.45, 7) is 0.382. The highest BCUT2D eigenvalue weighted by molar-refractivity contribution is 8.00. The number of benzene rings is 1. The molecule has 0 bridgehead atoms. The zero-order valence-electron chi connectivity index (χ0n) is 11.9. The predicted octanol–water partition coefficient (Wildman–Crippen LogP) is 2.55. The molecule has 0 saturated heterocycles. The Hall–Kier alpha value is -2.34. The van der Waals surface area contributed by atoms with Gasteiger partial charge in [0.15, 0.2) is 0 Å². The Balaban J connectivity index is 1.64. The summed E-state index contributed by atoms with van der Waals surface area (Å²) < 4.78 is 0. The summed E-state index contributed by atoms with van der Waals surface area (Å²) in [6.07, 6.45) is 3.50. The number of pyridine rings is 1. The second-order valence-corrected chi connectivity index (χ2v) is 5.85. The van der Waals surface area contributed by atoms with E-state index in [1.807, 2.05) is 24.3 Å². The SMILES string of the molecule is O=C(CCN1C(=O)CSc2ccccc21)Nc1ccncc1. The molecule has 0 atom stereocenters. The van der Waals surface area contributed by atoms with E-state index in [2.05, 4.69) is 10.3 Å². The maximum atomic E-state index is 12.1. The highest BCUT2D eigenvalue weighted by Gasteiger charge is 2.24. The number of aromatic nitrogens is 1. The minimum Gasteiger partial charge on any atom is -0.326 e. The third-order valence-electron chi connectivity index (χ3n) is 3.33. The second kappa shape index (κ2) is 6.62. The summed E-state index contributed by atoms with van der Waals surface area (Å²) in [6, 6.07) is 11.2. The molecule has 3 rings (SSSR count). The smallest absolute Gasteiger partial charge is 0.237 e. The van der Waals surface area contributed by atoms with Crippen molar-refractivity contribution < 1.29 is 9.59 Å². The molecule has 2 aromatic rings. The number of fused-ring (bicyclic) bond motifs is 1. The summed E-state index contributed by atoms with van der Waals surface area (Å²) in [5.41, 5.74) is 1.60. The van der Waals surface area contributed by atoms with Gasteiger partial charge in [-0.2, -0.15) is 0 Å². The third-order valence-corrected chi connectivity index (χ3v) is 4.38. The Bertz CT molecular complexity index is 691. The fourth-order valence-electron chi connectivity index (χ4n) is 2.27. The number of rotatable bonds is 4. The Kier molecular flexibility index (Phi) is 4.39. The normalized spacial score (nSPS) is 13.6. The average molecular weight is 313 g/mol. The van der Waals surface area contributed by atoms with Crippen molar-refractivity contribution in [3.8, 4) is 0 Å². The molecule has 0 aliphatic carbocycles. The zero-order valence-corrected chi connectivity index (χ0v) is 12.7. The lowest BCUT2D eigenvalue weighted by Gasteiger charge is -2.28. The molecule has 0 unspecified atom stereocenters. The number of thioether (sulfide) groups is 1. The quantitative estimate of drug-likeness (QED) is 0.942. The lowest BCUT2D eigenvalue weighted by Crippen LogP contribution is -2.37. The summed E-state index contributed by atoms with van der Waals surface area (Å²) in [4.78, 5) is 30.8. The first-order chi connectivity index (χ1) is 10.7. The van der Waals surface area contributed by atoms with Crippen molar-refractivity contribution in [3.63, 3.8) is 0 Å². The van der Waals surface area contributed by atoms with E-state index in [1.54, 1.807) is 29.4 Å². The second-order valence-electron chi connectivity index (χ2n) is 4.84. The molecule has 22 heavy (non-hydrogen) atoms. The molecule has 1 aromatic carbocycles. The topological polar surface area (TPSA) is 62.3 Å². The minimum atomic E-state index is -0.116. The summed E-state index contributed by atoms with van der Waals surface area (Å²) in [5, 5.41) is 2.80. The van der Waals surface area contributed by atoms with Gasteiger partial charge in [-0.15, -0.1) is 11.8 Å². The number of hydrogen-bond acceptors (Lipinski definition) is 4. The van der Waals surface area contributed by atoms with Crippen molar-refractivity contribution in [1.29, 1.82) is 0 Å². The Labute approximate surface area is 132 Å². The predicted molar refractivity (Wildman–Crippen MR) is 87.0 cm³/mol. The van der Waals surface area contributed by atoms with Crippen LogP contribution in [0.15, 0.2) is 53.7 Å². The van der Waals surface area contributed by atoms with Crippen molar-refractivity contribution in [2.45, 2.75) is 11.3 Å². The van der Waals surface area contributed by atoms with Crippen molar-refractivity contribution in [2.75, 3.05) is 22.5 Å². The van der Waals surface area contributed by atoms with Crippen LogP contribution in [0.3, 0.4) is 0 Å². The van der Waals surface area contributed by atoms with Crippen molar-refractivity contribution in [3.05, 3.63) is 48.8 Å². The number of nitrogens with zero attached hydrogens (tertiary/aromatic N) is 2. The Morgan fingerprint density at radius 1 is 1.23 bits per heavy atom. The van der Waals surface area contributed by atoms with Crippen LogP contribution >= 0.6 is 11.8 Å². The molecule has 1 aliphatic rings. The first-order valence-electron chi connectivity index (χ1n) is 6.96. The van der Waals surface area contributed by atoms with Gasteiger partial charge in [-0.1, -0.05) is 12.1 Å². The fourth-order valence-corrected chi connectivity index (χ4v) is 3.21. The highest BCUT2D eigenvalue weighted by atomic mass is 32.2. The molecule has 2 heterocycles. The molecule has 0 radical (unpaired) electrons. The van der Waals surface area contributed by atoms with Crippen LogP contribution < -0.4 is 10.2 Å². The van der Waals surface area contributed by atoms with E-state index in [9.17, 15) is 9.59 Å². The Morgan fingerprint density at radius 2 is 2.00 bits per heavy atom. The molecule has 2 amide bonds. The lowest BCUT2D eigenvalue weighted by molar-refractivity contribution is -0.117. The number of carbonyl (C=O) groups excluding carboxylic acids is 2. The van der Waals surface area contributed by atoms with Crippen LogP contribution in [0, 0.1) is 0 Å². The number of anilines is 2. The molecule has 112 valence electrons. The zero-order chi connectivity index (χ0) is 15.4. The molecular formula is C16H15N3O2S. The van der Waals surface area contributed by atoms with Crippen LogP contribution in [-0.4, -0.2) is 29.1 Å². The molecule has 0 fully saturated rings. The van der Waals surface area contributed by atoms with Gasteiger partial charge < -0.3 is 10.2 Å². The van der Waals surface area contributed by atoms with E-state index in [0.717, 1.165) is 10.6 Å². The van der Waals surface area contributed by atoms with Gasteiger partial charge in [-0.3, -0.25) is 14.6 Å². The average Bonchev–Trinajstić information content (AvgIpc) is 2.55. The molecule has 5 nitrogen and oxygen atoms in total. The number of amides is 2. The molecular weight excluding hydrogens is 298 g/mol. The Morgan fingerprint density at radius 3 is 2.82 bits per heavy atom. The first-order valence-corrected chi connectivity index (χ1v) is 7.94. The van der Waals surface area contributed by atoms with E-state index in [-0.39, 0.29) is 18.2 Å². The van der Waals surface area contributed by atoms with E-state index in [4.69, 9.17) is 0 Å². The maximum Gasteiger partial charge on any atom is 0.237 e. The van der Waals surface area contributed by atoms with Gasteiger partial charge in [0, 0.05) is 35.9 Å². The molecule has 0 spiro atoms. The number of hydrogen-bond donors (Lipinski definition) is 1. The standard InChI is InChI=1S/C16H15N3O2S/c20-15(18-12-5-8-17-9-6-12)7-10-19-13-3-1-2-4-14(13)22-11-16(19)21/h1-6,8-9H,7,10-11H2,(H,17,18,20). The summed E-state index contributed by atoms with van der Waals surface area (Å²) in [7, 11) is 0. The van der Waals surface area contributed by atoms with Crippen LogP contribution in [0.5, 0.6) is 0 Å². The number of carbonyl (C=O) groups is 2. The summed E-state index contributed by atoms with van der Waals surface area (Å²) in [5.74, 6) is 0.346. The van der Waals surface area contributed by atoms with Crippen molar-refractivity contribution in [2.24, 2.45) is 0 Å². The highest BCUT2D eigenvalue weighted by Crippen LogP contribution is 2.34. The van der Waals surface area contributed by atoms with Crippen LogP contribution in [0.4, 0.5) is 11.4 Å². The molecule has 1 aliphatic heterocycles. The van der Waals surface area contributed by atoms with Crippen LogP contribution in [-0.2, 0) is 9.59 Å². The van der Waals surface area contributed by atoms with Crippen molar-refractivity contribution in [1.82, 2.24) is 4.98 Å². The molecule has 1 aromatic heterocycles. The summed E-state index contributed by atoms with van der Waals surface area (Å²) >= 11 is 1.54. The number of para-hydroxylation sites is 1. The van der Waals surface area contributed by atoms with E-state index in [0.29, 0.717) is 18.0 Å². The van der Waals surface area contributed by atoms with Gasteiger partial charge in [-0.05, 0) is 24.3 Å². The molecule has 1 N–H and O–H groups in total. The van der Waals surface area contributed by atoms with Gasteiger partial charge in [0.05, 0.1) is 11.4 Å². The van der Waals surface area contributed by atoms with E-state index < -0.39 is 0 Å². The fraction of sp³-hybridized carbons (Fsp3) is 0.188. The van der Waals surface area contributed by atoms with E-state index in [1.165, 1.54) is 11.8 Å². The van der Waals surface area contributed by atoms with Gasteiger partial charge in [0.25, 0.3) is 0 Å². The maximum absolute atomic E-state index is 12.1. The van der Waals surface area contributed by atoms with E-state index >= 15 is 0 Å². The first kappa shape index (κ1) is 14.6. The minimum absolute atomic E-state index is 0.0420. The monoisotopic (exact) mass is 313 g/mol. The van der Waals surface area contributed by atoms with Gasteiger partial charge in [-0.25, -0.2) is 0 Å².